The minimum absolute atomic E-state index is 0.145. The van der Waals surface area contributed by atoms with Gasteiger partial charge in [0.2, 0.25) is 0 Å². The Bertz CT molecular complexity index is 457. The normalized spacial score (nSPS) is 16.8. The van der Waals surface area contributed by atoms with Crippen LogP contribution in [0.5, 0.6) is 0 Å². The highest BCUT2D eigenvalue weighted by Crippen LogP contribution is 2.21. The average Bonchev–Trinajstić information content (AvgIpc) is 2.48. The number of anilines is 1. The molecule has 1 aromatic rings. The fourth-order valence-electron chi connectivity index (χ4n) is 2.64. The molecule has 0 unspecified atom stereocenters. The second-order valence-electron chi connectivity index (χ2n) is 6.63. The van der Waals surface area contributed by atoms with Crippen LogP contribution in [0, 0.1) is 5.92 Å². The number of carbonyl (C=O) groups excluding carboxylic acids is 1. The Morgan fingerprint density at radius 1 is 1.00 bits per heavy atom. The zero-order chi connectivity index (χ0) is 15.4. The Balaban J connectivity index is 1.87. The van der Waals surface area contributed by atoms with Crippen molar-refractivity contribution in [3.8, 4) is 0 Å². The molecule has 1 aromatic carbocycles. The van der Waals surface area contributed by atoms with Gasteiger partial charge in [-0.05, 0) is 23.6 Å². The van der Waals surface area contributed by atoms with Crippen molar-refractivity contribution >= 4 is 11.5 Å². The zero-order valence-corrected chi connectivity index (χ0v) is 13.8. The van der Waals surface area contributed by atoms with E-state index in [1.54, 1.807) is 0 Å². The number of nitrogens with zero attached hydrogens (tertiary/aromatic N) is 2. The number of ketones is 1. The van der Waals surface area contributed by atoms with Crippen LogP contribution in [0.3, 0.4) is 0 Å². The van der Waals surface area contributed by atoms with E-state index >= 15 is 0 Å². The molecule has 0 bridgehead atoms. The van der Waals surface area contributed by atoms with E-state index in [1.165, 1.54) is 11.3 Å². The minimum Gasteiger partial charge on any atom is -0.369 e. The van der Waals surface area contributed by atoms with E-state index in [-0.39, 0.29) is 5.92 Å². The van der Waals surface area contributed by atoms with Crippen LogP contribution in [-0.2, 0) is 4.79 Å². The van der Waals surface area contributed by atoms with Gasteiger partial charge in [0.1, 0.15) is 5.78 Å². The molecule has 1 saturated heterocycles. The standard InChI is InChI=1S/C18H28N2O/c1-14(2)16-5-7-17(8-6-16)20-11-9-19(10-12-20)13-18(21)15(3)4/h5-8,14-15H,9-13H2,1-4H3. The highest BCUT2D eigenvalue weighted by molar-refractivity contribution is 5.82. The van der Waals surface area contributed by atoms with Gasteiger partial charge in [-0.1, -0.05) is 39.8 Å². The Hall–Kier alpha value is -1.35. The largest absolute Gasteiger partial charge is 0.369 e. The summed E-state index contributed by atoms with van der Waals surface area (Å²) in [6.07, 6.45) is 0. The van der Waals surface area contributed by atoms with Gasteiger partial charge < -0.3 is 4.90 Å². The average molecular weight is 288 g/mol. The first-order valence-electron chi connectivity index (χ1n) is 8.07. The molecule has 2 rings (SSSR count). The number of rotatable bonds is 5. The van der Waals surface area contributed by atoms with Crippen LogP contribution in [0.15, 0.2) is 24.3 Å². The Morgan fingerprint density at radius 3 is 2.05 bits per heavy atom. The van der Waals surface area contributed by atoms with Crippen LogP contribution >= 0.6 is 0 Å². The molecule has 0 saturated carbocycles. The van der Waals surface area contributed by atoms with Gasteiger partial charge in [0.25, 0.3) is 0 Å². The third kappa shape index (κ3) is 4.31. The van der Waals surface area contributed by atoms with Crippen molar-refractivity contribution in [2.75, 3.05) is 37.6 Å². The molecule has 3 heteroatoms. The maximum Gasteiger partial charge on any atom is 0.149 e. The molecule has 0 aliphatic carbocycles. The van der Waals surface area contributed by atoms with Crippen LogP contribution in [-0.4, -0.2) is 43.4 Å². The maximum atomic E-state index is 11.8. The van der Waals surface area contributed by atoms with E-state index in [1.807, 2.05) is 13.8 Å². The van der Waals surface area contributed by atoms with Crippen molar-refractivity contribution in [1.82, 2.24) is 4.90 Å². The molecule has 1 fully saturated rings. The van der Waals surface area contributed by atoms with Gasteiger partial charge in [0.05, 0.1) is 6.54 Å². The molecule has 0 atom stereocenters. The lowest BCUT2D eigenvalue weighted by atomic mass is 10.0. The molecule has 116 valence electrons. The summed E-state index contributed by atoms with van der Waals surface area (Å²) >= 11 is 0. The Labute approximate surface area is 128 Å². The summed E-state index contributed by atoms with van der Waals surface area (Å²) in [4.78, 5) is 16.5. The summed E-state index contributed by atoms with van der Waals surface area (Å²) in [5.41, 5.74) is 2.69. The SMILES string of the molecule is CC(C)C(=O)CN1CCN(c2ccc(C(C)C)cc2)CC1. The van der Waals surface area contributed by atoms with E-state index in [2.05, 4.69) is 47.9 Å². The fourth-order valence-corrected chi connectivity index (χ4v) is 2.64. The van der Waals surface area contributed by atoms with Crippen molar-refractivity contribution < 1.29 is 4.79 Å². The van der Waals surface area contributed by atoms with Crippen LogP contribution in [0.1, 0.15) is 39.2 Å². The third-order valence-corrected chi connectivity index (χ3v) is 4.32. The van der Waals surface area contributed by atoms with Crippen molar-refractivity contribution in [3.05, 3.63) is 29.8 Å². The lowest BCUT2D eigenvalue weighted by Crippen LogP contribution is -2.48. The number of hydrogen-bond acceptors (Lipinski definition) is 3. The first kappa shape index (κ1) is 16.0. The second-order valence-corrected chi connectivity index (χ2v) is 6.63. The van der Waals surface area contributed by atoms with E-state index in [9.17, 15) is 4.79 Å². The number of hydrogen-bond donors (Lipinski definition) is 0. The molecule has 0 radical (unpaired) electrons. The molecule has 1 aliphatic rings. The van der Waals surface area contributed by atoms with Gasteiger partial charge in [0, 0.05) is 37.8 Å². The third-order valence-electron chi connectivity index (χ3n) is 4.32. The summed E-state index contributed by atoms with van der Waals surface area (Å²) < 4.78 is 0. The van der Waals surface area contributed by atoms with E-state index in [0.717, 1.165) is 26.2 Å². The molecule has 0 amide bonds. The highest BCUT2D eigenvalue weighted by atomic mass is 16.1. The van der Waals surface area contributed by atoms with E-state index in [0.29, 0.717) is 18.2 Å². The smallest absolute Gasteiger partial charge is 0.149 e. The minimum atomic E-state index is 0.145. The number of piperazine rings is 1. The van der Waals surface area contributed by atoms with Gasteiger partial charge in [-0.15, -0.1) is 0 Å². The van der Waals surface area contributed by atoms with Gasteiger partial charge in [0.15, 0.2) is 0 Å². The topological polar surface area (TPSA) is 23.6 Å². The van der Waals surface area contributed by atoms with Crippen LogP contribution in [0.25, 0.3) is 0 Å². The van der Waals surface area contributed by atoms with Crippen molar-refractivity contribution in [1.29, 1.82) is 0 Å². The first-order chi connectivity index (χ1) is 9.97. The molecule has 1 heterocycles. The number of carbonyl (C=O) groups is 1. The fraction of sp³-hybridized carbons (Fsp3) is 0.611. The molecular weight excluding hydrogens is 260 g/mol. The molecule has 0 N–H and O–H groups in total. The molecule has 0 aromatic heterocycles. The maximum absolute atomic E-state index is 11.8. The van der Waals surface area contributed by atoms with E-state index in [4.69, 9.17) is 0 Å². The second kappa shape index (κ2) is 7.08. The zero-order valence-electron chi connectivity index (χ0n) is 13.8. The Kier molecular flexibility index (Phi) is 5.40. The van der Waals surface area contributed by atoms with Gasteiger partial charge in [-0.2, -0.15) is 0 Å². The van der Waals surface area contributed by atoms with E-state index < -0.39 is 0 Å². The quantitative estimate of drug-likeness (QED) is 0.831. The molecule has 1 aliphatic heterocycles. The molecular formula is C18H28N2O. The summed E-state index contributed by atoms with van der Waals surface area (Å²) in [5.74, 6) is 1.08. The van der Waals surface area contributed by atoms with Crippen molar-refractivity contribution in [2.45, 2.75) is 33.6 Å². The first-order valence-corrected chi connectivity index (χ1v) is 8.07. The van der Waals surface area contributed by atoms with Gasteiger partial charge in [-0.3, -0.25) is 9.69 Å². The summed E-state index contributed by atoms with van der Waals surface area (Å²) in [7, 11) is 0. The summed E-state index contributed by atoms with van der Waals surface area (Å²) in [6, 6.07) is 8.91. The van der Waals surface area contributed by atoms with Crippen LogP contribution in [0.2, 0.25) is 0 Å². The van der Waals surface area contributed by atoms with Gasteiger partial charge >= 0.3 is 0 Å². The predicted octanol–water partition coefficient (Wildman–Crippen LogP) is 3.16. The summed E-state index contributed by atoms with van der Waals surface area (Å²) in [6.45, 7) is 13.0. The Morgan fingerprint density at radius 2 is 1.57 bits per heavy atom. The predicted molar refractivity (Wildman–Crippen MR) is 89.0 cm³/mol. The van der Waals surface area contributed by atoms with Crippen LogP contribution < -0.4 is 4.90 Å². The van der Waals surface area contributed by atoms with Crippen LogP contribution in [0.4, 0.5) is 5.69 Å². The van der Waals surface area contributed by atoms with Gasteiger partial charge in [-0.25, -0.2) is 0 Å². The number of Topliss-reactive ketones (excluding diaryl/α,β-unsaturated/α-hetero) is 1. The molecule has 3 nitrogen and oxygen atoms in total. The monoisotopic (exact) mass is 288 g/mol. The number of benzene rings is 1. The summed E-state index contributed by atoms with van der Waals surface area (Å²) in [5, 5.41) is 0. The van der Waals surface area contributed by atoms with Crippen molar-refractivity contribution in [3.63, 3.8) is 0 Å². The lowest BCUT2D eigenvalue weighted by molar-refractivity contribution is -0.123. The van der Waals surface area contributed by atoms with Crippen molar-refractivity contribution in [2.24, 2.45) is 5.92 Å². The molecule has 0 spiro atoms. The lowest BCUT2D eigenvalue weighted by Gasteiger charge is -2.36. The molecule has 21 heavy (non-hydrogen) atoms. The highest BCUT2D eigenvalue weighted by Gasteiger charge is 2.20.